The zero-order chi connectivity index (χ0) is 31.3. The van der Waals surface area contributed by atoms with Crippen LogP contribution in [-0.4, -0.2) is 68.9 Å². The Morgan fingerprint density at radius 2 is 1.86 bits per heavy atom. The average molecular weight is 661 g/mol. The van der Waals surface area contributed by atoms with Crippen LogP contribution in [0.25, 0.3) is 10.1 Å². The quantitative estimate of drug-likeness (QED) is 0.276. The number of nitrogens with one attached hydrogen (secondary N) is 3. The molecule has 5 rings (SSSR count). The van der Waals surface area contributed by atoms with Crippen LogP contribution in [0.3, 0.4) is 0 Å². The van der Waals surface area contributed by atoms with Gasteiger partial charge in [-0.2, -0.15) is 4.31 Å². The van der Waals surface area contributed by atoms with E-state index in [0.717, 1.165) is 42.4 Å². The highest BCUT2D eigenvalue weighted by molar-refractivity contribution is 7.89. The first kappa shape index (κ1) is 32.7. The second-order valence-electron chi connectivity index (χ2n) is 12.0. The fourth-order valence-corrected chi connectivity index (χ4v) is 8.56. The number of hydrogen-bond donors (Lipinski definition) is 3. The molecule has 2 atom stereocenters. The number of amides is 2. The molecule has 0 bridgehead atoms. The van der Waals surface area contributed by atoms with Gasteiger partial charge in [-0.3, -0.25) is 9.59 Å². The number of piperidine rings is 1. The van der Waals surface area contributed by atoms with E-state index in [0.29, 0.717) is 36.4 Å². The van der Waals surface area contributed by atoms with Gasteiger partial charge in [0.1, 0.15) is 17.9 Å². The van der Waals surface area contributed by atoms with Gasteiger partial charge >= 0.3 is 0 Å². The molecule has 3 N–H and O–H groups in total. The lowest BCUT2D eigenvalue weighted by Gasteiger charge is -2.27. The van der Waals surface area contributed by atoms with Crippen molar-refractivity contribution in [1.82, 2.24) is 20.3 Å². The van der Waals surface area contributed by atoms with Crippen molar-refractivity contribution in [1.29, 1.82) is 0 Å². The Morgan fingerprint density at radius 1 is 1.09 bits per heavy atom. The number of fused-ring (bicyclic) bond motifs is 1. The van der Waals surface area contributed by atoms with E-state index in [-0.39, 0.29) is 40.3 Å². The molecule has 3 heterocycles. The van der Waals surface area contributed by atoms with Gasteiger partial charge in [0.2, 0.25) is 15.9 Å². The molecule has 0 spiro atoms. The van der Waals surface area contributed by atoms with Crippen molar-refractivity contribution in [3.05, 3.63) is 58.4 Å². The number of rotatable bonds is 10. The third-order valence-electron chi connectivity index (χ3n) is 8.08. The van der Waals surface area contributed by atoms with Gasteiger partial charge in [-0.25, -0.2) is 8.42 Å². The van der Waals surface area contributed by atoms with Gasteiger partial charge in [-0.05, 0) is 86.8 Å². The normalized spacial score (nSPS) is 19.4. The van der Waals surface area contributed by atoms with Crippen LogP contribution < -0.4 is 20.7 Å². The van der Waals surface area contributed by atoms with E-state index in [1.165, 1.54) is 27.8 Å². The van der Waals surface area contributed by atoms with Crippen molar-refractivity contribution in [2.75, 3.05) is 26.2 Å². The molecule has 2 aromatic carbocycles. The minimum absolute atomic E-state index is 0.0421. The van der Waals surface area contributed by atoms with Crippen LogP contribution in [0.15, 0.2) is 53.4 Å². The third kappa shape index (κ3) is 8.11. The van der Waals surface area contributed by atoms with Crippen LogP contribution >= 0.6 is 22.9 Å². The van der Waals surface area contributed by atoms with Gasteiger partial charge in [-0.1, -0.05) is 50.1 Å². The molecule has 2 unspecified atom stereocenters. The molecule has 3 aromatic rings. The van der Waals surface area contributed by atoms with Gasteiger partial charge in [0.25, 0.3) is 5.91 Å². The summed E-state index contributed by atoms with van der Waals surface area (Å²) in [6, 6.07) is 13.1. The van der Waals surface area contributed by atoms with Crippen LogP contribution in [-0.2, 0) is 14.8 Å². The predicted molar refractivity (Wildman–Crippen MR) is 175 cm³/mol. The van der Waals surface area contributed by atoms with Gasteiger partial charge in [-0.15, -0.1) is 11.3 Å². The Kier molecular flexibility index (Phi) is 10.8. The third-order valence-corrected chi connectivity index (χ3v) is 11.4. The van der Waals surface area contributed by atoms with E-state index in [4.69, 9.17) is 16.3 Å². The number of nitrogens with zero attached hydrogens (tertiary/aromatic N) is 1. The summed E-state index contributed by atoms with van der Waals surface area (Å²) in [4.78, 5) is 27.4. The molecule has 238 valence electrons. The summed E-state index contributed by atoms with van der Waals surface area (Å²) < 4.78 is 35.9. The summed E-state index contributed by atoms with van der Waals surface area (Å²) >= 11 is 7.88. The number of benzene rings is 2. The van der Waals surface area contributed by atoms with E-state index >= 15 is 0 Å². The molecular formula is C32H41ClN4O5S2. The van der Waals surface area contributed by atoms with Crippen LogP contribution in [0.2, 0.25) is 5.02 Å². The Balaban J connectivity index is 1.25. The lowest BCUT2D eigenvalue weighted by Crippen LogP contribution is -2.52. The minimum atomic E-state index is -3.87. The number of carbonyl (C=O) groups excluding carboxylic acids is 2. The standard InChI is InChI=1S/C32H41ClN4O5S2/c1-21(2)17-27(36-32(39)30-18-22-7-3-4-9-29(22)43-30)31(38)35-23-8-5-6-16-37(20-23)44(40,41)25-10-11-28(26(33)19-25)42-24-12-14-34-15-13-24/h3-4,7,9-11,18-19,21,23-24,27,34H,5-6,8,12-17,20H2,1-2H3,(H,35,38)(H,36,39). The summed E-state index contributed by atoms with van der Waals surface area (Å²) in [7, 11) is -3.87. The predicted octanol–water partition coefficient (Wildman–Crippen LogP) is 5.19. The Labute approximate surface area is 268 Å². The molecule has 2 aliphatic heterocycles. The number of sulfonamides is 1. The molecule has 9 nitrogen and oxygen atoms in total. The molecule has 44 heavy (non-hydrogen) atoms. The number of thiophene rings is 1. The summed E-state index contributed by atoms with van der Waals surface area (Å²) in [5, 5.41) is 10.5. The van der Waals surface area contributed by atoms with Crippen molar-refractivity contribution in [3.8, 4) is 5.75 Å². The van der Waals surface area contributed by atoms with E-state index in [1.54, 1.807) is 6.07 Å². The summed E-state index contributed by atoms with van der Waals surface area (Å²) in [6.45, 7) is 6.23. The van der Waals surface area contributed by atoms with Gasteiger partial charge in [0.15, 0.2) is 0 Å². The maximum absolute atomic E-state index is 13.7. The number of halogens is 1. The molecule has 1 aromatic heterocycles. The highest BCUT2D eigenvalue weighted by atomic mass is 35.5. The average Bonchev–Trinajstić information content (AvgIpc) is 3.30. The molecule has 2 saturated heterocycles. The van der Waals surface area contributed by atoms with Crippen LogP contribution in [0, 0.1) is 5.92 Å². The zero-order valence-electron chi connectivity index (χ0n) is 25.2. The second kappa shape index (κ2) is 14.6. The van der Waals surface area contributed by atoms with E-state index in [9.17, 15) is 18.0 Å². The molecule has 0 saturated carbocycles. The fourth-order valence-electron chi connectivity index (χ4n) is 5.75. The minimum Gasteiger partial charge on any atom is -0.489 e. The van der Waals surface area contributed by atoms with Gasteiger partial charge in [0, 0.05) is 23.8 Å². The highest BCUT2D eigenvalue weighted by Gasteiger charge is 2.32. The van der Waals surface area contributed by atoms with Crippen molar-refractivity contribution < 1.29 is 22.7 Å². The number of carbonyl (C=O) groups is 2. The molecule has 12 heteroatoms. The molecular weight excluding hydrogens is 620 g/mol. The number of ether oxygens (including phenoxy) is 1. The van der Waals surface area contributed by atoms with E-state index < -0.39 is 22.1 Å². The lowest BCUT2D eigenvalue weighted by atomic mass is 10.0. The van der Waals surface area contributed by atoms with E-state index in [1.807, 2.05) is 44.2 Å². The molecule has 0 aliphatic carbocycles. The van der Waals surface area contributed by atoms with Crippen LogP contribution in [0.5, 0.6) is 5.75 Å². The summed E-state index contributed by atoms with van der Waals surface area (Å²) in [5.74, 6) is 0.0414. The van der Waals surface area contributed by atoms with Crippen molar-refractivity contribution in [2.24, 2.45) is 5.92 Å². The highest BCUT2D eigenvalue weighted by Crippen LogP contribution is 2.31. The Morgan fingerprint density at radius 3 is 2.59 bits per heavy atom. The van der Waals surface area contributed by atoms with E-state index in [2.05, 4.69) is 16.0 Å². The smallest absolute Gasteiger partial charge is 0.262 e. The first-order chi connectivity index (χ1) is 21.1. The fraction of sp³-hybridized carbons (Fsp3) is 0.500. The Hall–Kier alpha value is -2.70. The molecule has 0 radical (unpaired) electrons. The molecule has 2 amide bonds. The topological polar surface area (TPSA) is 117 Å². The van der Waals surface area contributed by atoms with Gasteiger partial charge in [0.05, 0.1) is 14.8 Å². The monoisotopic (exact) mass is 660 g/mol. The lowest BCUT2D eigenvalue weighted by molar-refractivity contribution is -0.124. The largest absolute Gasteiger partial charge is 0.489 e. The van der Waals surface area contributed by atoms with Crippen molar-refractivity contribution in [2.45, 2.75) is 75.5 Å². The van der Waals surface area contributed by atoms with Crippen LogP contribution in [0.1, 0.15) is 62.0 Å². The maximum Gasteiger partial charge on any atom is 0.262 e. The second-order valence-corrected chi connectivity index (χ2v) is 15.5. The first-order valence-electron chi connectivity index (χ1n) is 15.4. The number of hydrogen-bond acceptors (Lipinski definition) is 7. The van der Waals surface area contributed by atoms with Gasteiger partial charge < -0.3 is 20.7 Å². The van der Waals surface area contributed by atoms with Crippen molar-refractivity contribution >= 4 is 54.9 Å². The maximum atomic E-state index is 13.7. The Bertz CT molecular complexity index is 1540. The molecule has 2 fully saturated rings. The van der Waals surface area contributed by atoms with Crippen LogP contribution in [0.4, 0.5) is 0 Å². The summed E-state index contributed by atoms with van der Waals surface area (Å²) in [6.07, 6.45) is 4.31. The zero-order valence-corrected chi connectivity index (χ0v) is 27.6. The summed E-state index contributed by atoms with van der Waals surface area (Å²) in [5.41, 5.74) is 0. The molecule has 2 aliphatic rings. The SMILES string of the molecule is CC(C)CC(NC(=O)c1cc2ccccc2s1)C(=O)NC1CCCCN(S(=O)(=O)c2ccc(OC3CCNCC3)c(Cl)c2)C1. The first-order valence-corrected chi connectivity index (χ1v) is 18.0. The van der Waals surface area contributed by atoms with Crippen molar-refractivity contribution in [3.63, 3.8) is 0 Å².